The summed E-state index contributed by atoms with van der Waals surface area (Å²) in [5.74, 6) is 0.682. The van der Waals surface area contributed by atoms with Crippen LogP contribution in [0.25, 0.3) is 0 Å². The number of hydrogen-bond donors (Lipinski definition) is 1. The molecule has 1 aliphatic heterocycles. The zero-order valence-electron chi connectivity index (χ0n) is 12.2. The van der Waals surface area contributed by atoms with Crippen LogP contribution in [0.1, 0.15) is 38.2 Å². The molecule has 3 nitrogen and oxygen atoms in total. The summed E-state index contributed by atoms with van der Waals surface area (Å²) in [6.45, 7) is 6.76. The second-order valence-corrected chi connectivity index (χ2v) is 5.98. The highest BCUT2D eigenvalue weighted by Crippen LogP contribution is 2.19. The molecule has 110 valence electrons. The maximum absolute atomic E-state index is 11.6. The smallest absolute Gasteiger partial charge is 0.222 e. The van der Waals surface area contributed by atoms with Gasteiger partial charge in [0.15, 0.2) is 0 Å². The third-order valence-electron chi connectivity index (χ3n) is 3.97. The predicted octanol–water partition coefficient (Wildman–Crippen LogP) is 3.04. The van der Waals surface area contributed by atoms with Crippen molar-refractivity contribution in [2.45, 2.75) is 38.6 Å². The van der Waals surface area contributed by atoms with Crippen LogP contribution in [0.4, 0.5) is 0 Å². The summed E-state index contributed by atoms with van der Waals surface area (Å²) in [6.07, 6.45) is 1.65. The van der Waals surface area contributed by atoms with Crippen molar-refractivity contribution < 1.29 is 4.79 Å². The number of benzene rings is 1. The molecule has 4 heteroatoms. The molecule has 1 heterocycles. The standard InChI is InChI=1S/C16H23ClN2O/c1-3-16(20)19-8-7-15(11-19)18-10-12(2)13-5-4-6-14(17)9-13/h4-6,9,12,15,18H,3,7-8,10-11H2,1-2H3/t12-,15+/m0/s1. The van der Waals surface area contributed by atoms with Crippen LogP contribution in [0, 0.1) is 0 Å². The van der Waals surface area contributed by atoms with Gasteiger partial charge in [0, 0.05) is 37.1 Å². The van der Waals surface area contributed by atoms with E-state index in [-0.39, 0.29) is 5.91 Å². The Labute approximate surface area is 126 Å². The van der Waals surface area contributed by atoms with Gasteiger partial charge >= 0.3 is 0 Å². The van der Waals surface area contributed by atoms with Crippen LogP contribution in [0.3, 0.4) is 0 Å². The normalized spacial score (nSPS) is 20.1. The van der Waals surface area contributed by atoms with Gasteiger partial charge < -0.3 is 10.2 Å². The zero-order chi connectivity index (χ0) is 14.5. The van der Waals surface area contributed by atoms with E-state index in [1.165, 1.54) is 5.56 Å². The Bertz CT molecular complexity index is 464. The predicted molar refractivity (Wildman–Crippen MR) is 83.1 cm³/mol. The number of nitrogens with one attached hydrogen (secondary N) is 1. The Hall–Kier alpha value is -1.06. The highest BCUT2D eigenvalue weighted by atomic mass is 35.5. The van der Waals surface area contributed by atoms with Crippen molar-refractivity contribution in [2.75, 3.05) is 19.6 Å². The molecule has 0 aromatic heterocycles. The Morgan fingerprint density at radius 2 is 2.35 bits per heavy atom. The first-order chi connectivity index (χ1) is 9.60. The van der Waals surface area contributed by atoms with Gasteiger partial charge in [-0.05, 0) is 30.0 Å². The lowest BCUT2D eigenvalue weighted by atomic mass is 10.0. The molecule has 1 aromatic rings. The summed E-state index contributed by atoms with van der Waals surface area (Å²) in [4.78, 5) is 13.6. The van der Waals surface area contributed by atoms with Crippen LogP contribution in [-0.2, 0) is 4.79 Å². The number of carbonyl (C=O) groups excluding carboxylic acids is 1. The van der Waals surface area contributed by atoms with E-state index in [9.17, 15) is 4.79 Å². The van der Waals surface area contributed by atoms with Crippen molar-refractivity contribution in [1.29, 1.82) is 0 Å². The van der Waals surface area contributed by atoms with Crippen LogP contribution in [0.2, 0.25) is 5.02 Å². The quantitative estimate of drug-likeness (QED) is 0.905. The van der Waals surface area contributed by atoms with E-state index in [0.717, 1.165) is 31.1 Å². The maximum atomic E-state index is 11.6. The zero-order valence-corrected chi connectivity index (χ0v) is 13.0. The molecule has 1 aromatic carbocycles. The fourth-order valence-corrected chi connectivity index (χ4v) is 2.85. The Kier molecular flexibility index (Phi) is 5.44. The van der Waals surface area contributed by atoms with Gasteiger partial charge in [0.05, 0.1) is 0 Å². The lowest BCUT2D eigenvalue weighted by Crippen LogP contribution is -2.36. The third kappa shape index (κ3) is 3.97. The Morgan fingerprint density at radius 3 is 3.05 bits per heavy atom. The second kappa shape index (κ2) is 7.09. The van der Waals surface area contributed by atoms with Crippen molar-refractivity contribution in [2.24, 2.45) is 0 Å². The first kappa shape index (κ1) is 15.3. The molecule has 0 radical (unpaired) electrons. The summed E-state index contributed by atoms with van der Waals surface area (Å²) in [7, 11) is 0. The molecular formula is C16H23ClN2O. The number of hydrogen-bond acceptors (Lipinski definition) is 2. The minimum atomic E-state index is 0.261. The van der Waals surface area contributed by atoms with Gasteiger partial charge in [0.2, 0.25) is 5.91 Å². The molecular weight excluding hydrogens is 272 g/mol. The van der Waals surface area contributed by atoms with Gasteiger partial charge in [-0.3, -0.25) is 4.79 Å². The number of likely N-dealkylation sites (tertiary alicyclic amines) is 1. The summed E-state index contributed by atoms with van der Waals surface area (Å²) in [5.41, 5.74) is 1.25. The number of halogens is 1. The minimum Gasteiger partial charge on any atom is -0.341 e. The molecule has 2 rings (SSSR count). The number of rotatable bonds is 5. The fourth-order valence-electron chi connectivity index (χ4n) is 2.65. The largest absolute Gasteiger partial charge is 0.341 e. The fraction of sp³-hybridized carbons (Fsp3) is 0.562. The molecule has 0 saturated carbocycles. The van der Waals surface area contributed by atoms with Crippen LogP contribution >= 0.6 is 11.6 Å². The summed E-state index contributed by atoms with van der Waals surface area (Å²) in [6, 6.07) is 8.45. The van der Waals surface area contributed by atoms with Gasteiger partial charge in [-0.15, -0.1) is 0 Å². The Morgan fingerprint density at radius 1 is 1.55 bits per heavy atom. The number of nitrogens with zero attached hydrogens (tertiary/aromatic N) is 1. The molecule has 0 bridgehead atoms. The third-order valence-corrected chi connectivity index (χ3v) is 4.21. The second-order valence-electron chi connectivity index (χ2n) is 5.54. The average Bonchev–Trinajstić information content (AvgIpc) is 2.92. The minimum absolute atomic E-state index is 0.261. The van der Waals surface area contributed by atoms with E-state index in [0.29, 0.717) is 18.4 Å². The van der Waals surface area contributed by atoms with Gasteiger partial charge in [-0.2, -0.15) is 0 Å². The topological polar surface area (TPSA) is 32.3 Å². The van der Waals surface area contributed by atoms with E-state index in [4.69, 9.17) is 11.6 Å². The number of amides is 1. The molecule has 1 saturated heterocycles. The van der Waals surface area contributed by atoms with Crippen molar-refractivity contribution in [3.8, 4) is 0 Å². The van der Waals surface area contributed by atoms with Crippen LogP contribution in [-0.4, -0.2) is 36.5 Å². The first-order valence-electron chi connectivity index (χ1n) is 7.36. The highest BCUT2D eigenvalue weighted by molar-refractivity contribution is 6.30. The van der Waals surface area contributed by atoms with E-state index in [1.54, 1.807) is 0 Å². The molecule has 2 atom stereocenters. The molecule has 1 aliphatic rings. The average molecular weight is 295 g/mol. The van der Waals surface area contributed by atoms with Crippen LogP contribution in [0.15, 0.2) is 24.3 Å². The van der Waals surface area contributed by atoms with Gasteiger partial charge in [0.25, 0.3) is 0 Å². The molecule has 1 N–H and O–H groups in total. The number of carbonyl (C=O) groups is 1. The highest BCUT2D eigenvalue weighted by Gasteiger charge is 2.25. The van der Waals surface area contributed by atoms with Crippen molar-refractivity contribution in [1.82, 2.24) is 10.2 Å². The Balaban J connectivity index is 1.80. The molecule has 0 spiro atoms. The molecule has 1 fully saturated rings. The van der Waals surface area contributed by atoms with Gasteiger partial charge in [0.1, 0.15) is 0 Å². The summed E-state index contributed by atoms with van der Waals surface area (Å²) in [5, 5.41) is 4.36. The monoisotopic (exact) mass is 294 g/mol. The molecule has 0 aliphatic carbocycles. The summed E-state index contributed by atoms with van der Waals surface area (Å²) < 4.78 is 0. The maximum Gasteiger partial charge on any atom is 0.222 e. The van der Waals surface area contributed by atoms with Crippen molar-refractivity contribution in [3.05, 3.63) is 34.9 Å². The van der Waals surface area contributed by atoms with Crippen LogP contribution in [0.5, 0.6) is 0 Å². The lowest BCUT2D eigenvalue weighted by Gasteiger charge is -2.19. The van der Waals surface area contributed by atoms with E-state index >= 15 is 0 Å². The molecule has 1 amide bonds. The van der Waals surface area contributed by atoms with E-state index < -0.39 is 0 Å². The van der Waals surface area contributed by atoms with Crippen LogP contribution < -0.4 is 5.32 Å². The van der Waals surface area contributed by atoms with Gasteiger partial charge in [-0.25, -0.2) is 0 Å². The lowest BCUT2D eigenvalue weighted by molar-refractivity contribution is -0.129. The van der Waals surface area contributed by atoms with E-state index in [1.807, 2.05) is 30.0 Å². The van der Waals surface area contributed by atoms with Gasteiger partial charge in [-0.1, -0.05) is 37.6 Å². The molecule has 20 heavy (non-hydrogen) atoms. The summed E-state index contributed by atoms with van der Waals surface area (Å²) >= 11 is 6.02. The molecule has 0 unspecified atom stereocenters. The van der Waals surface area contributed by atoms with Crippen molar-refractivity contribution in [3.63, 3.8) is 0 Å². The SMILES string of the molecule is CCC(=O)N1CC[C@@H](NC[C@H](C)c2cccc(Cl)c2)C1. The first-order valence-corrected chi connectivity index (χ1v) is 7.74. The van der Waals surface area contributed by atoms with Crippen molar-refractivity contribution >= 4 is 17.5 Å². The van der Waals surface area contributed by atoms with E-state index in [2.05, 4.69) is 18.3 Å².